The summed E-state index contributed by atoms with van der Waals surface area (Å²) in [5, 5.41) is 5.88. The molecule has 1 aromatic heterocycles. The van der Waals surface area contributed by atoms with E-state index in [4.69, 9.17) is 0 Å². The van der Waals surface area contributed by atoms with Crippen molar-refractivity contribution in [1.82, 2.24) is 25.1 Å². The van der Waals surface area contributed by atoms with Crippen LogP contribution in [-0.2, 0) is 0 Å². The number of carbonyl (C=O) groups is 1. The minimum atomic E-state index is -0.146. The van der Waals surface area contributed by atoms with Crippen LogP contribution >= 0.6 is 0 Å². The number of nitrogens with one attached hydrogen (secondary N) is 2. The summed E-state index contributed by atoms with van der Waals surface area (Å²) in [5.74, 6) is 0. The molecule has 2 rings (SSSR count). The van der Waals surface area contributed by atoms with Crippen LogP contribution in [0.4, 0.5) is 4.79 Å². The first-order valence-corrected chi connectivity index (χ1v) is 8.30. The molecule has 0 unspecified atom stereocenters. The fourth-order valence-electron chi connectivity index (χ4n) is 2.30. The third-order valence-electron chi connectivity index (χ3n) is 4.15. The molecule has 1 heterocycles. The molecule has 1 aromatic carbocycles. The number of imidazole rings is 1. The molecule has 0 aliphatic carbocycles. The maximum absolute atomic E-state index is 12.0. The van der Waals surface area contributed by atoms with Gasteiger partial charge in [0, 0.05) is 37.2 Å². The molecule has 0 saturated heterocycles. The van der Waals surface area contributed by atoms with Gasteiger partial charge in [0.15, 0.2) is 0 Å². The van der Waals surface area contributed by atoms with Crippen molar-refractivity contribution in [2.75, 3.05) is 20.1 Å². The Morgan fingerprint density at radius 2 is 2.12 bits per heavy atom. The van der Waals surface area contributed by atoms with Crippen molar-refractivity contribution in [3.8, 4) is 5.69 Å². The van der Waals surface area contributed by atoms with E-state index in [-0.39, 0.29) is 12.1 Å². The molecule has 0 saturated carbocycles. The first-order chi connectivity index (χ1) is 11.5. The Hall–Kier alpha value is -2.34. The highest BCUT2D eigenvalue weighted by Crippen LogP contribution is 2.16. The number of aromatic nitrogens is 2. The van der Waals surface area contributed by atoms with E-state index < -0.39 is 0 Å². The monoisotopic (exact) mass is 329 g/mol. The maximum Gasteiger partial charge on any atom is 0.315 e. The standard InChI is InChI=1S/C18H27N5O/c1-14(2)22(4)10-9-20-18(24)21-15(3)16-6-5-7-17(12-16)23-11-8-19-13-23/h5-8,11-15H,9-10H2,1-4H3,(H2,20,21,24)/t15-/m0/s1. The normalized spacial score (nSPS) is 12.4. The lowest BCUT2D eigenvalue weighted by atomic mass is 10.1. The Balaban J connectivity index is 1.87. The van der Waals surface area contributed by atoms with Crippen molar-refractivity contribution in [2.45, 2.75) is 32.9 Å². The Morgan fingerprint density at radius 3 is 2.79 bits per heavy atom. The first kappa shape index (κ1) is 18.0. The molecule has 0 fully saturated rings. The molecule has 0 aliphatic heterocycles. The summed E-state index contributed by atoms with van der Waals surface area (Å²) in [6, 6.07) is 8.32. The van der Waals surface area contributed by atoms with Crippen molar-refractivity contribution >= 4 is 6.03 Å². The molecular formula is C18H27N5O. The lowest BCUT2D eigenvalue weighted by Gasteiger charge is -2.21. The van der Waals surface area contributed by atoms with Gasteiger partial charge in [-0.05, 0) is 45.5 Å². The minimum absolute atomic E-state index is 0.0729. The lowest BCUT2D eigenvalue weighted by Crippen LogP contribution is -2.41. The molecule has 1 atom stereocenters. The van der Waals surface area contributed by atoms with E-state index in [2.05, 4.69) is 47.5 Å². The number of hydrogen-bond donors (Lipinski definition) is 2. The Kier molecular flexibility index (Phi) is 6.37. The van der Waals surface area contributed by atoms with Crippen molar-refractivity contribution in [1.29, 1.82) is 0 Å². The number of likely N-dealkylation sites (N-methyl/N-ethyl adjacent to an activating group) is 1. The minimum Gasteiger partial charge on any atom is -0.337 e. The summed E-state index contributed by atoms with van der Waals surface area (Å²) in [7, 11) is 2.05. The third-order valence-corrected chi connectivity index (χ3v) is 4.15. The van der Waals surface area contributed by atoms with Crippen LogP contribution in [0.2, 0.25) is 0 Å². The molecular weight excluding hydrogens is 302 g/mol. The van der Waals surface area contributed by atoms with Gasteiger partial charge in [-0.2, -0.15) is 0 Å². The molecule has 24 heavy (non-hydrogen) atoms. The molecule has 0 bridgehead atoms. The second kappa shape index (κ2) is 8.49. The zero-order chi connectivity index (χ0) is 17.5. The average molecular weight is 329 g/mol. The third kappa shape index (κ3) is 5.09. The fourth-order valence-corrected chi connectivity index (χ4v) is 2.30. The van der Waals surface area contributed by atoms with Crippen molar-refractivity contribution in [3.05, 3.63) is 48.5 Å². The topological polar surface area (TPSA) is 62.2 Å². The zero-order valence-electron chi connectivity index (χ0n) is 14.9. The lowest BCUT2D eigenvalue weighted by molar-refractivity contribution is 0.232. The summed E-state index contributed by atoms with van der Waals surface area (Å²) < 4.78 is 1.94. The molecule has 0 spiro atoms. The van der Waals surface area contributed by atoms with E-state index in [1.165, 1.54) is 0 Å². The number of benzene rings is 1. The quantitative estimate of drug-likeness (QED) is 0.821. The molecule has 6 nitrogen and oxygen atoms in total. The van der Waals surface area contributed by atoms with E-state index in [9.17, 15) is 4.79 Å². The molecule has 2 aromatic rings. The SMILES string of the molecule is CC(C)N(C)CCNC(=O)N[C@@H](C)c1cccc(-n2ccnc2)c1. The fraction of sp³-hybridized carbons (Fsp3) is 0.444. The molecule has 0 radical (unpaired) electrons. The van der Waals surface area contributed by atoms with Crippen LogP contribution in [0.15, 0.2) is 43.0 Å². The summed E-state index contributed by atoms with van der Waals surface area (Å²) in [6.07, 6.45) is 5.40. The largest absolute Gasteiger partial charge is 0.337 e. The highest BCUT2D eigenvalue weighted by atomic mass is 16.2. The van der Waals surface area contributed by atoms with Crippen LogP contribution in [-0.4, -0.2) is 46.7 Å². The zero-order valence-corrected chi connectivity index (χ0v) is 14.9. The van der Waals surface area contributed by atoms with Crippen LogP contribution in [0.3, 0.4) is 0 Å². The molecule has 130 valence electrons. The van der Waals surface area contributed by atoms with Crippen LogP contribution in [0.1, 0.15) is 32.4 Å². The maximum atomic E-state index is 12.0. The summed E-state index contributed by atoms with van der Waals surface area (Å²) in [6.45, 7) is 7.70. The summed E-state index contributed by atoms with van der Waals surface area (Å²) in [5.41, 5.74) is 2.08. The second-order valence-electron chi connectivity index (χ2n) is 6.26. The smallest absolute Gasteiger partial charge is 0.315 e. The summed E-state index contributed by atoms with van der Waals surface area (Å²) in [4.78, 5) is 18.3. The molecule has 6 heteroatoms. The predicted octanol–water partition coefficient (Wildman–Crippen LogP) is 2.57. The van der Waals surface area contributed by atoms with Crippen molar-refractivity contribution < 1.29 is 4.79 Å². The van der Waals surface area contributed by atoms with Gasteiger partial charge in [0.1, 0.15) is 0 Å². The predicted molar refractivity (Wildman–Crippen MR) is 96.3 cm³/mol. The van der Waals surface area contributed by atoms with E-state index in [1.807, 2.05) is 35.9 Å². The Morgan fingerprint density at radius 1 is 1.33 bits per heavy atom. The number of hydrogen-bond acceptors (Lipinski definition) is 3. The number of urea groups is 1. The van der Waals surface area contributed by atoms with Gasteiger partial charge >= 0.3 is 6.03 Å². The van der Waals surface area contributed by atoms with Gasteiger partial charge in [0.2, 0.25) is 0 Å². The van der Waals surface area contributed by atoms with Gasteiger partial charge < -0.3 is 20.1 Å². The van der Waals surface area contributed by atoms with E-state index in [0.717, 1.165) is 17.8 Å². The van der Waals surface area contributed by atoms with Gasteiger partial charge in [0.05, 0.1) is 12.4 Å². The number of carbonyl (C=O) groups excluding carboxylic acids is 1. The van der Waals surface area contributed by atoms with Gasteiger partial charge in [-0.1, -0.05) is 12.1 Å². The first-order valence-electron chi connectivity index (χ1n) is 8.30. The van der Waals surface area contributed by atoms with Gasteiger partial charge in [-0.3, -0.25) is 0 Å². The van der Waals surface area contributed by atoms with Gasteiger partial charge in [-0.25, -0.2) is 9.78 Å². The second-order valence-corrected chi connectivity index (χ2v) is 6.26. The van der Waals surface area contributed by atoms with E-state index in [1.54, 1.807) is 12.5 Å². The number of amides is 2. The highest BCUT2D eigenvalue weighted by Gasteiger charge is 2.10. The summed E-state index contributed by atoms with van der Waals surface area (Å²) >= 11 is 0. The molecule has 2 N–H and O–H groups in total. The van der Waals surface area contributed by atoms with Crippen LogP contribution in [0, 0.1) is 0 Å². The number of nitrogens with zero attached hydrogens (tertiary/aromatic N) is 3. The Labute approximate surface area is 143 Å². The van der Waals surface area contributed by atoms with Gasteiger partial charge in [0.25, 0.3) is 0 Å². The molecule has 0 aliphatic rings. The van der Waals surface area contributed by atoms with Crippen molar-refractivity contribution in [2.24, 2.45) is 0 Å². The Bertz CT molecular complexity index is 639. The van der Waals surface area contributed by atoms with Gasteiger partial charge in [-0.15, -0.1) is 0 Å². The molecule has 2 amide bonds. The van der Waals surface area contributed by atoms with E-state index in [0.29, 0.717) is 12.6 Å². The highest BCUT2D eigenvalue weighted by molar-refractivity contribution is 5.74. The van der Waals surface area contributed by atoms with Crippen LogP contribution in [0.25, 0.3) is 5.69 Å². The number of rotatable bonds is 7. The van der Waals surface area contributed by atoms with Crippen molar-refractivity contribution in [3.63, 3.8) is 0 Å². The van der Waals surface area contributed by atoms with E-state index >= 15 is 0 Å². The van der Waals surface area contributed by atoms with Crippen LogP contribution < -0.4 is 10.6 Å². The average Bonchev–Trinajstić information content (AvgIpc) is 3.09. The van der Waals surface area contributed by atoms with Crippen LogP contribution in [0.5, 0.6) is 0 Å².